The van der Waals surface area contributed by atoms with Crippen molar-refractivity contribution in [3.8, 4) is 0 Å². The maximum absolute atomic E-state index is 12.2. The van der Waals surface area contributed by atoms with Gasteiger partial charge in [-0.1, -0.05) is 0 Å². The van der Waals surface area contributed by atoms with Crippen molar-refractivity contribution in [2.24, 2.45) is 0 Å². The summed E-state index contributed by atoms with van der Waals surface area (Å²) < 4.78 is 3.73. The lowest BCUT2D eigenvalue weighted by Crippen LogP contribution is -2.52. The average Bonchev–Trinajstić information content (AvgIpc) is 2.98. The van der Waals surface area contributed by atoms with E-state index in [0.29, 0.717) is 6.04 Å². The van der Waals surface area contributed by atoms with E-state index in [4.69, 9.17) is 0 Å². The fraction of sp³-hybridized carbons (Fsp3) is 0.417. The molecule has 2 aromatic rings. The van der Waals surface area contributed by atoms with Crippen LogP contribution in [0.1, 0.15) is 19.0 Å². The summed E-state index contributed by atoms with van der Waals surface area (Å²) in [5.41, 5.74) is 0. The first-order valence-electron chi connectivity index (χ1n) is 6.01. The first kappa shape index (κ1) is 11.0. The quantitative estimate of drug-likeness (QED) is 0.800. The van der Waals surface area contributed by atoms with Crippen molar-refractivity contribution in [2.45, 2.75) is 19.0 Å². The van der Waals surface area contributed by atoms with Crippen LogP contribution >= 0.6 is 0 Å². The van der Waals surface area contributed by atoms with E-state index in [1.807, 2.05) is 39.5 Å². The van der Waals surface area contributed by atoms with E-state index in [9.17, 15) is 4.79 Å². The van der Waals surface area contributed by atoms with Crippen LogP contribution in [-0.4, -0.2) is 43.2 Å². The van der Waals surface area contributed by atoms with E-state index in [1.54, 1.807) is 18.7 Å². The van der Waals surface area contributed by atoms with Gasteiger partial charge in [-0.05, 0) is 13.0 Å². The molecule has 1 amide bonds. The Kier molecular flexibility index (Phi) is 2.62. The monoisotopic (exact) mass is 245 g/mol. The van der Waals surface area contributed by atoms with Crippen LogP contribution in [0, 0.1) is 0 Å². The molecule has 1 aliphatic rings. The Hall–Kier alpha value is -2.11. The molecule has 1 saturated heterocycles. The molecule has 0 saturated carbocycles. The topological polar surface area (TPSA) is 56.0 Å². The van der Waals surface area contributed by atoms with E-state index in [1.165, 1.54) is 0 Å². The van der Waals surface area contributed by atoms with E-state index in [0.717, 1.165) is 13.1 Å². The number of carbonyl (C=O) groups is 1. The molecule has 6 heteroatoms. The summed E-state index contributed by atoms with van der Waals surface area (Å²) in [6, 6.07) is 2.03. The number of amides is 1. The number of carbonyl (C=O) groups excluding carboxylic acids is 1. The van der Waals surface area contributed by atoms with Gasteiger partial charge in [0.25, 0.3) is 0 Å². The zero-order valence-electron chi connectivity index (χ0n) is 10.2. The van der Waals surface area contributed by atoms with Gasteiger partial charge < -0.3 is 9.47 Å². The first-order valence-corrected chi connectivity index (χ1v) is 6.01. The molecule has 0 aromatic carbocycles. The summed E-state index contributed by atoms with van der Waals surface area (Å²) in [5.74, 6) is 0.136. The van der Waals surface area contributed by atoms with Gasteiger partial charge >= 0.3 is 0 Å². The van der Waals surface area contributed by atoms with Crippen molar-refractivity contribution in [3.05, 3.63) is 37.2 Å². The minimum absolute atomic E-state index is 0.136. The standard InChI is InChI=1S/C12H15N5O/c1-10(15-6-4-13-9-15)12(18)16-7-11(8-16)17-5-2-3-14-17/h2-6,9-11H,7-8H2,1H3/t10-/m1/s1. The van der Waals surface area contributed by atoms with E-state index in [-0.39, 0.29) is 11.9 Å². The minimum atomic E-state index is -0.189. The first-order chi connectivity index (χ1) is 8.75. The van der Waals surface area contributed by atoms with Crippen LogP contribution in [0.25, 0.3) is 0 Å². The van der Waals surface area contributed by atoms with Crippen LogP contribution in [0.3, 0.4) is 0 Å². The van der Waals surface area contributed by atoms with Crippen LogP contribution in [0.5, 0.6) is 0 Å². The van der Waals surface area contributed by atoms with Crippen LogP contribution in [0.2, 0.25) is 0 Å². The zero-order chi connectivity index (χ0) is 12.5. The molecule has 2 aromatic heterocycles. The summed E-state index contributed by atoms with van der Waals surface area (Å²) in [7, 11) is 0. The molecule has 0 spiro atoms. The minimum Gasteiger partial charge on any atom is -0.336 e. The number of rotatable bonds is 3. The molecule has 3 heterocycles. The molecule has 6 nitrogen and oxygen atoms in total. The summed E-state index contributed by atoms with van der Waals surface area (Å²) in [6.45, 7) is 3.37. The number of imidazole rings is 1. The molecule has 1 fully saturated rings. The molecular formula is C12H15N5O. The van der Waals surface area contributed by atoms with Crippen molar-refractivity contribution < 1.29 is 4.79 Å². The lowest BCUT2D eigenvalue weighted by atomic mass is 10.1. The fourth-order valence-electron chi connectivity index (χ4n) is 2.19. The van der Waals surface area contributed by atoms with Crippen molar-refractivity contribution in [3.63, 3.8) is 0 Å². The molecule has 0 radical (unpaired) electrons. The van der Waals surface area contributed by atoms with Crippen LogP contribution in [0.15, 0.2) is 37.2 Å². The normalized spacial score (nSPS) is 17.5. The van der Waals surface area contributed by atoms with Crippen LogP contribution in [-0.2, 0) is 4.79 Å². The molecule has 1 aliphatic heterocycles. The Balaban J connectivity index is 1.60. The highest BCUT2D eigenvalue weighted by atomic mass is 16.2. The van der Waals surface area contributed by atoms with Crippen molar-refractivity contribution in [1.82, 2.24) is 24.2 Å². The average molecular weight is 245 g/mol. The second-order valence-corrected chi connectivity index (χ2v) is 4.57. The van der Waals surface area contributed by atoms with Gasteiger partial charge in [-0.3, -0.25) is 9.48 Å². The van der Waals surface area contributed by atoms with Gasteiger partial charge in [0, 0.05) is 37.9 Å². The van der Waals surface area contributed by atoms with Gasteiger partial charge in [0.05, 0.1) is 12.4 Å². The SMILES string of the molecule is C[C@H](C(=O)N1CC(n2cccn2)C1)n1ccnc1. The third kappa shape index (κ3) is 1.79. The third-order valence-electron chi connectivity index (χ3n) is 3.40. The fourth-order valence-corrected chi connectivity index (χ4v) is 2.19. The van der Waals surface area contributed by atoms with E-state index >= 15 is 0 Å². The smallest absolute Gasteiger partial charge is 0.245 e. The Morgan fingerprint density at radius 1 is 1.33 bits per heavy atom. The Morgan fingerprint density at radius 2 is 2.17 bits per heavy atom. The van der Waals surface area contributed by atoms with Gasteiger partial charge in [0.15, 0.2) is 0 Å². The summed E-state index contributed by atoms with van der Waals surface area (Å²) >= 11 is 0. The summed E-state index contributed by atoms with van der Waals surface area (Å²) in [4.78, 5) is 18.0. The lowest BCUT2D eigenvalue weighted by molar-refractivity contribution is -0.140. The highest BCUT2D eigenvalue weighted by molar-refractivity contribution is 5.80. The predicted molar refractivity (Wildman–Crippen MR) is 64.8 cm³/mol. The summed E-state index contributed by atoms with van der Waals surface area (Å²) in [6.07, 6.45) is 8.87. The number of hydrogen-bond acceptors (Lipinski definition) is 3. The highest BCUT2D eigenvalue weighted by Gasteiger charge is 2.34. The van der Waals surface area contributed by atoms with Gasteiger partial charge in [-0.2, -0.15) is 5.10 Å². The number of nitrogens with zero attached hydrogens (tertiary/aromatic N) is 5. The van der Waals surface area contributed by atoms with Gasteiger partial charge in [0.1, 0.15) is 6.04 Å². The molecule has 0 unspecified atom stereocenters. The van der Waals surface area contributed by atoms with Gasteiger partial charge in [0.2, 0.25) is 5.91 Å². The van der Waals surface area contributed by atoms with E-state index in [2.05, 4.69) is 10.1 Å². The lowest BCUT2D eigenvalue weighted by Gasteiger charge is -2.40. The molecule has 0 aliphatic carbocycles. The van der Waals surface area contributed by atoms with Crippen LogP contribution < -0.4 is 0 Å². The van der Waals surface area contributed by atoms with Gasteiger partial charge in [-0.15, -0.1) is 0 Å². The number of hydrogen-bond donors (Lipinski definition) is 0. The molecular weight excluding hydrogens is 230 g/mol. The van der Waals surface area contributed by atoms with Gasteiger partial charge in [-0.25, -0.2) is 4.98 Å². The Bertz CT molecular complexity index is 513. The van der Waals surface area contributed by atoms with Crippen LogP contribution in [0.4, 0.5) is 0 Å². The predicted octanol–water partition coefficient (Wildman–Crippen LogP) is 0.724. The molecule has 0 N–H and O–H groups in total. The maximum atomic E-state index is 12.2. The maximum Gasteiger partial charge on any atom is 0.245 e. The highest BCUT2D eigenvalue weighted by Crippen LogP contribution is 2.23. The molecule has 18 heavy (non-hydrogen) atoms. The van der Waals surface area contributed by atoms with Crippen molar-refractivity contribution in [1.29, 1.82) is 0 Å². The van der Waals surface area contributed by atoms with E-state index < -0.39 is 0 Å². The van der Waals surface area contributed by atoms with Crippen molar-refractivity contribution >= 4 is 5.91 Å². The number of aromatic nitrogens is 4. The zero-order valence-corrected chi connectivity index (χ0v) is 10.2. The second-order valence-electron chi connectivity index (χ2n) is 4.57. The molecule has 3 rings (SSSR count). The molecule has 94 valence electrons. The summed E-state index contributed by atoms with van der Waals surface area (Å²) in [5, 5.41) is 4.19. The number of likely N-dealkylation sites (tertiary alicyclic amines) is 1. The Labute approximate surface area is 105 Å². The molecule has 1 atom stereocenters. The molecule has 0 bridgehead atoms. The Morgan fingerprint density at radius 3 is 2.78 bits per heavy atom. The second kappa shape index (κ2) is 4.29. The third-order valence-corrected chi connectivity index (χ3v) is 3.40. The largest absolute Gasteiger partial charge is 0.336 e. The van der Waals surface area contributed by atoms with Crippen molar-refractivity contribution in [2.75, 3.05) is 13.1 Å².